The van der Waals surface area contributed by atoms with Gasteiger partial charge in [-0.2, -0.15) is 26.3 Å². The van der Waals surface area contributed by atoms with Crippen molar-refractivity contribution in [1.82, 2.24) is 0 Å². The molecule has 49 heavy (non-hydrogen) atoms. The van der Waals surface area contributed by atoms with Crippen molar-refractivity contribution < 1.29 is 26.3 Å². The zero-order valence-corrected chi connectivity index (χ0v) is 29.9. The molecule has 0 atom stereocenters. The molecule has 0 radical (unpaired) electrons. The number of benzene rings is 2. The summed E-state index contributed by atoms with van der Waals surface area (Å²) in [5.41, 5.74) is 3.21. The van der Waals surface area contributed by atoms with Gasteiger partial charge in [0.15, 0.2) is 0 Å². The summed E-state index contributed by atoms with van der Waals surface area (Å²) in [4.78, 5) is 0. The quantitative estimate of drug-likeness (QED) is 0.254. The fraction of sp³-hybridized carbons (Fsp3) is 0.721. The van der Waals surface area contributed by atoms with E-state index in [4.69, 9.17) is 0 Å². The molecule has 0 unspecified atom stereocenters. The van der Waals surface area contributed by atoms with E-state index in [1.54, 1.807) is 24.3 Å². The minimum Gasteiger partial charge on any atom is -0.171 e. The van der Waals surface area contributed by atoms with Gasteiger partial charge in [-0.25, -0.2) is 0 Å². The van der Waals surface area contributed by atoms with E-state index in [0.717, 1.165) is 35.5 Å². The van der Waals surface area contributed by atoms with Crippen LogP contribution in [0.2, 0.25) is 0 Å². The van der Waals surface area contributed by atoms with Crippen LogP contribution in [-0.4, -0.2) is 12.4 Å². The van der Waals surface area contributed by atoms with E-state index in [9.17, 15) is 26.3 Å². The van der Waals surface area contributed by atoms with E-state index in [0.29, 0.717) is 23.0 Å². The van der Waals surface area contributed by atoms with Gasteiger partial charge < -0.3 is 0 Å². The summed E-state index contributed by atoms with van der Waals surface area (Å²) in [6, 6.07) is 14.4. The highest BCUT2D eigenvalue weighted by Crippen LogP contribution is 2.45. The topological polar surface area (TPSA) is 0 Å². The number of rotatable bonds is 7. The van der Waals surface area contributed by atoms with Crippen LogP contribution >= 0.6 is 0 Å². The Hall–Kier alpha value is -1.98. The molecule has 6 heteroatoms. The van der Waals surface area contributed by atoms with Crippen LogP contribution in [-0.2, 0) is 12.8 Å². The van der Waals surface area contributed by atoms with Crippen LogP contribution in [0.15, 0.2) is 48.5 Å². The van der Waals surface area contributed by atoms with Crippen LogP contribution in [0, 0.1) is 35.5 Å². The molecule has 0 heterocycles. The lowest BCUT2D eigenvalue weighted by Crippen LogP contribution is -2.25. The van der Waals surface area contributed by atoms with Gasteiger partial charge in [-0.15, -0.1) is 0 Å². The molecule has 0 aliphatic heterocycles. The predicted octanol–water partition coefficient (Wildman–Crippen LogP) is 14.2. The number of hydrogen-bond donors (Lipinski definition) is 0. The van der Waals surface area contributed by atoms with Crippen LogP contribution in [0.4, 0.5) is 26.3 Å². The van der Waals surface area contributed by atoms with Crippen molar-refractivity contribution in [2.45, 2.75) is 160 Å². The van der Waals surface area contributed by atoms with E-state index in [2.05, 4.69) is 13.8 Å². The van der Waals surface area contributed by atoms with Gasteiger partial charge in [0, 0.05) is 0 Å². The molecule has 0 N–H and O–H groups in total. The van der Waals surface area contributed by atoms with E-state index < -0.39 is 25.2 Å². The summed E-state index contributed by atoms with van der Waals surface area (Å²) < 4.78 is 74.7. The minimum atomic E-state index is -4.11. The fourth-order valence-electron chi connectivity index (χ4n) is 9.95. The van der Waals surface area contributed by atoms with Gasteiger partial charge in [-0.3, -0.25) is 0 Å². The molecular weight excluding hydrogens is 630 g/mol. The van der Waals surface area contributed by atoms with Crippen molar-refractivity contribution in [2.24, 2.45) is 35.5 Å². The maximum Gasteiger partial charge on any atom is 0.393 e. The molecule has 0 spiro atoms. The van der Waals surface area contributed by atoms with Crippen LogP contribution in [0.1, 0.15) is 157 Å². The Kier molecular flexibility index (Phi) is 13.7. The molecule has 4 fully saturated rings. The minimum absolute atomic E-state index is 0.372. The predicted molar refractivity (Wildman–Crippen MR) is 189 cm³/mol. The van der Waals surface area contributed by atoms with Gasteiger partial charge in [0.1, 0.15) is 0 Å². The first-order chi connectivity index (χ1) is 23.3. The molecule has 0 nitrogen and oxygen atoms in total. The second kappa shape index (κ2) is 17.5. The van der Waals surface area contributed by atoms with Crippen molar-refractivity contribution in [3.63, 3.8) is 0 Å². The van der Waals surface area contributed by atoms with Gasteiger partial charge >= 0.3 is 12.4 Å². The third kappa shape index (κ3) is 12.1. The van der Waals surface area contributed by atoms with Crippen molar-refractivity contribution in [3.8, 4) is 0 Å². The highest BCUT2D eigenvalue weighted by molar-refractivity contribution is 5.27. The smallest absolute Gasteiger partial charge is 0.171 e. The maximum atomic E-state index is 12.5. The van der Waals surface area contributed by atoms with Crippen molar-refractivity contribution in [3.05, 3.63) is 70.8 Å². The van der Waals surface area contributed by atoms with Crippen molar-refractivity contribution in [2.75, 3.05) is 0 Å². The maximum absolute atomic E-state index is 12.5. The first kappa shape index (κ1) is 38.3. The molecule has 0 saturated heterocycles. The zero-order valence-electron chi connectivity index (χ0n) is 29.9. The van der Waals surface area contributed by atoms with Crippen LogP contribution in [0.5, 0.6) is 0 Å². The largest absolute Gasteiger partial charge is 0.393 e. The molecule has 0 bridgehead atoms. The van der Waals surface area contributed by atoms with Gasteiger partial charge in [-0.1, -0.05) is 94.5 Å². The average Bonchev–Trinajstić information content (AvgIpc) is 3.08. The number of hydrogen-bond acceptors (Lipinski definition) is 0. The lowest BCUT2D eigenvalue weighted by molar-refractivity contribution is -0.128. The molecular formula is C43H60F6. The molecule has 0 aromatic heterocycles. The average molecular weight is 691 g/mol. The van der Waals surface area contributed by atoms with Gasteiger partial charge in [0.2, 0.25) is 0 Å². The number of halogens is 6. The lowest BCUT2D eigenvalue weighted by Gasteiger charge is -2.38. The second-order valence-corrected chi connectivity index (χ2v) is 16.5. The highest BCUT2D eigenvalue weighted by atomic mass is 19.4. The molecule has 4 saturated carbocycles. The Balaban J connectivity index is 0.000000191. The second-order valence-electron chi connectivity index (χ2n) is 16.5. The third-order valence-electron chi connectivity index (χ3n) is 13.1. The molecule has 0 amide bonds. The molecule has 274 valence electrons. The standard InChI is InChI=1S/C22H31F3.C21H29F3/c1-2-16-3-7-18(8-4-16)20-11-13-21(14-12-20)19-9-5-17(6-10-19)15-22(23,24)25;1-15-2-6-17(7-3-15)19-10-12-20(13-11-19)18-8-4-16(5-9-18)14-21(22,23)24/h5-6,9-10,16,18,20-21H,2-4,7-8,11-15H2,1H3;4-5,8-9,15,17,19-20H,2-3,6-7,10-14H2,1H3/t16-,18-,20?,21?;15-,17-,19?,20?. The van der Waals surface area contributed by atoms with Gasteiger partial charge in [0.05, 0.1) is 12.8 Å². The first-order valence-electron chi connectivity index (χ1n) is 19.7. The zero-order chi connectivity index (χ0) is 35.0. The SMILES string of the molecule is CC[C@H]1CC[C@H](C2CCC(c3ccc(CC(F)(F)F)cc3)CC2)CC1.C[C@H]1CC[C@H](C2CCC(c3ccc(CC(F)(F)F)cc3)CC2)CC1. The van der Waals surface area contributed by atoms with E-state index in [-0.39, 0.29) is 0 Å². The van der Waals surface area contributed by atoms with Gasteiger partial charge in [0.25, 0.3) is 0 Å². The Morgan fingerprint density at radius 3 is 1.06 bits per heavy atom. The normalized spacial score (nSPS) is 31.4. The molecule has 4 aliphatic carbocycles. The summed E-state index contributed by atoms with van der Waals surface area (Å²) in [6.45, 7) is 4.69. The number of alkyl halides is 6. The van der Waals surface area contributed by atoms with E-state index >= 15 is 0 Å². The summed E-state index contributed by atoms with van der Waals surface area (Å²) in [5, 5.41) is 0. The van der Waals surface area contributed by atoms with Gasteiger partial charge in [-0.05, 0) is 147 Å². The Labute approximate surface area is 292 Å². The summed E-state index contributed by atoms with van der Waals surface area (Å²) in [5.74, 6) is 6.59. The first-order valence-corrected chi connectivity index (χ1v) is 19.7. The Morgan fingerprint density at radius 2 is 0.755 bits per heavy atom. The van der Waals surface area contributed by atoms with Crippen LogP contribution < -0.4 is 0 Å². The van der Waals surface area contributed by atoms with E-state index in [1.807, 2.05) is 24.3 Å². The summed E-state index contributed by atoms with van der Waals surface area (Å²) in [7, 11) is 0. The highest BCUT2D eigenvalue weighted by Gasteiger charge is 2.33. The van der Waals surface area contributed by atoms with E-state index in [1.165, 1.54) is 120 Å². The lowest BCUT2D eigenvalue weighted by atomic mass is 9.68. The Morgan fingerprint density at radius 1 is 0.449 bits per heavy atom. The summed E-state index contributed by atoms with van der Waals surface area (Å²) in [6.07, 6.45) is 12.8. The van der Waals surface area contributed by atoms with Crippen LogP contribution in [0.3, 0.4) is 0 Å². The Bertz CT molecular complexity index is 1210. The monoisotopic (exact) mass is 690 g/mol. The fourth-order valence-corrected chi connectivity index (χ4v) is 9.95. The third-order valence-corrected chi connectivity index (χ3v) is 13.1. The molecule has 6 rings (SSSR count). The van der Waals surface area contributed by atoms with Crippen molar-refractivity contribution >= 4 is 0 Å². The van der Waals surface area contributed by atoms with Crippen LogP contribution in [0.25, 0.3) is 0 Å². The molecule has 2 aromatic rings. The summed E-state index contributed by atoms with van der Waals surface area (Å²) >= 11 is 0. The molecule has 4 aliphatic rings. The van der Waals surface area contributed by atoms with Crippen molar-refractivity contribution in [1.29, 1.82) is 0 Å². The molecule has 2 aromatic carbocycles.